The summed E-state index contributed by atoms with van der Waals surface area (Å²) in [4.78, 5) is 14.3. The largest absolute Gasteiger partial charge is 0.497 e. The summed E-state index contributed by atoms with van der Waals surface area (Å²) in [5.74, 6) is 2.23. The van der Waals surface area contributed by atoms with Crippen LogP contribution in [0.1, 0.15) is 23.6 Å². The van der Waals surface area contributed by atoms with Crippen molar-refractivity contribution in [2.24, 2.45) is 0 Å². The number of methoxy groups -OCH3 is 3. The topological polar surface area (TPSA) is 72.1 Å². The van der Waals surface area contributed by atoms with Crippen molar-refractivity contribution >= 4 is 6.03 Å². The van der Waals surface area contributed by atoms with E-state index in [2.05, 4.69) is 10.9 Å². The van der Waals surface area contributed by atoms with Crippen LogP contribution in [0.15, 0.2) is 72.8 Å². The molecular formula is C26H31N3O4. The molecule has 0 bridgehead atoms. The first-order chi connectivity index (χ1) is 16.0. The first kappa shape index (κ1) is 23.9. The fourth-order valence-corrected chi connectivity index (χ4v) is 3.63. The van der Waals surface area contributed by atoms with E-state index in [9.17, 15) is 4.79 Å². The van der Waals surface area contributed by atoms with Gasteiger partial charge in [-0.3, -0.25) is 5.43 Å². The molecule has 7 nitrogen and oxygen atoms in total. The molecule has 0 aliphatic rings. The summed E-state index contributed by atoms with van der Waals surface area (Å²) in [5.41, 5.74) is 8.08. The van der Waals surface area contributed by atoms with E-state index in [-0.39, 0.29) is 6.03 Å². The summed E-state index contributed by atoms with van der Waals surface area (Å²) in [6.07, 6.45) is 0. The molecular weight excluding hydrogens is 418 g/mol. The molecule has 0 saturated heterocycles. The number of ether oxygens (including phenoxy) is 3. The number of urea groups is 1. The SMILES string of the molecule is CCN(C)C(=O)NNC(c1ccc(OC)cc1)(c1ccc(OC)cc1)c1ccc(OC)cc1. The molecule has 0 aromatic heterocycles. The number of nitrogens with one attached hydrogen (secondary N) is 2. The van der Waals surface area contributed by atoms with E-state index in [1.165, 1.54) is 0 Å². The lowest BCUT2D eigenvalue weighted by Gasteiger charge is -2.37. The van der Waals surface area contributed by atoms with Crippen LogP contribution >= 0.6 is 0 Å². The number of carbonyl (C=O) groups is 1. The Morgan fingerprint density at radius 3 is 1.33 bits per heavy atom. The van der Waals surface area contributed by atoms with E-state index in [4.69, 9.17) is 14.2 Å². The Labute approximate surface area is 195 Å². The Morgan fingerprint density at radius 2 is 1.06 bits per heavy atom. The average molecular weight is 450 g/mol. The molecule has 0 fully saturated rings. The molecule has 0 spiro atoms. The lowest BCUT2D eigenvalue weighted by Crippen LogP contribution is -2.56. The maximum Gasteiger partial charge on any atom is 0.331 e. The Hall–Kier alpha value is -3.71. The van der Waals surface area contributed by atoms with Gasteiger partial charge in [-0.25, -0.2) is 10.2 Å². The normalized spacial score (nSPS) is 10.9. The second-order valence-electron chi connectivity index (χ2n) is 7.50. The summed E-state index contributed by atoms with van der Waals surface area (Å²) in [6.45, 7) is 2.50. The third kappa shape index (κ3) is 5.04. The molecule has 0 radical (unpaired) electrons. The second kappa shape index (κ2) is 10.7. The Balaban J connectivity index is 2.22. The minimum absolute atomic E-state index is 0.239. The van der Waals surface area contributed by atoms with Gasteiger partial charge in [-0.15, -0.1) is 0 Å². The highest BCUT2D eigenvalue weighted by molar-refractivity contribution is 5.73. The van der Waals surface area contributed by atoms with Crippen molar-refractivity contribution in [1.82, 2.24) is 15.8 Å². The summed E-state index contributed by atoms with van der Waals surface area (Å²) in [6, 6.07) is 23.1. The Morgan fingerprint density at radius 1 is 0.727 bits per heavy atom. The van der Waals surface area contributed by atoms with E-state index < -0.39 is 5.54 Å². The van der Waals surface area contributed by atoms with Gasteiger partial charge in [0.2, 0.25) is 0 Å². The monoisotopic (exact) mass is 449 g/mol. The zero-order valence-corrected chi connectivity index (χ0v) is 19.7. The van der Waals surface area contributed by atoms with E-state index in [0.29, 0.717) is 6.54 Å². The van der Waals surface area contributed by atoms with E-state index >= 15 is 0 Å². The van der Waals surface area contributed by atoms with E-state index in [0.717, 1.165) is 33.9 Å². The van der Waals surface area contributed by atoms with Gasteiger partial charge in [0.25, 0.3) is 0 Å². The van der Waals surface area contributed by atoms with Crippen molar-refractivity contribution in [2.75, 3.05) is 34.9 Å². The molecule has 3 aromatic carbocycles. The smallest absolute Gasteiger partial charge is 0.331 e. The highest BCUT2D eigenvalue weighted by Gasteiger charge is 2.37. The Kier molecular flexibility index (Phi) is 7.79. The molecule has 2 N–H and O–H groups in total. The van der Waals surface area contributed by atoms with Gasteiger partial charge in [-0.2, -0.15) is 0 Å². The van der Waals surface area contributed by atoms with Crippen molar-refractivity contribution in [3.05, 3.63) is 89.5 Å². The van der Waals surface area contributed by atoms with Crippen LogP contribution in [0.5, 0.6) is 17.2 Å². The fraction of sp³-hybridized carbons (Fsp3) is 0.269. The molecule has 3 rings (SSSR count). The predicted molar refractivity (Wildman–Crippen MR) is 129 cm³/mol. The molecule has 33 heavy (non-hydrogen) atoms. The maximum absolute atomic E-state index is 12.7. The molecule has 0 atom stereocenters. The van der Waals surface area contributed by atoms with E-state index in [1.54, 1.807) is 33.3 Å². The van der Waals surface area contributed by atoms with Gasteiger partial charge in [0.05, 0.1) is 21.3 Å². The van der Waals surface area contributed by atoms with Gasteiger partial charge in [0, 0.05) is 13.6 Å². The zero-order chi connectivity index (χ0) is 23.8. The molecule has 0 saturated carbocycles. The molecule has 0 aliphatic carbocycles. The Bertz CT molecular complexity index is 919. The van der Waals surface area contributed by atoms with Crippen LogP contribution < -0.4 is 25.1 Å². The highest BCUT2D eigenvalue weighted by Crippen LogP contribution is 2.38. The molecule has 3 aromatic rings. The lowest BCUT2D eigenvalue weighted by molar-refractivity contribution is 0.201. The van der Waals surface area contributed by atoms with Crippen molar-refractivity contribution in [3.8, 4) is 17.2 Å². The molecule has 0 heterocycles. The molecule has 0 aliphatic heterocycles. The summed E-state index contributed by atoms with van der Waals surface area (Å²) in [7, 11) is 6.64. The second-order valence-corrected chi connectivity index (χ2v) is 7.50. The van der Waals surface area contributed by atoms with Gasteiger partial charge in [0.1, 0.15) is 22.8 Å². The van der Waals surface area contributed by atoms with Crippen molar-refractivity contribution in [3.63, 3.8) is 0 Å². The van der Waals surface area contributed by atoms with Crippen molar-refractivity contribution in [1.29, 1.82) is 0 Å². The number of hydrogen-bond acceptors (Lipinski definition) is 5. The number of nitrogens with zero attached hydrogens (tertiary/aromatic N) is 1. The predicted octanol–water partition coefficient (Wildman–Crippen LogP) is 4.17. The van der Waals surface area contributed by atoms with Gasteiger partial charge in [-0.1, -0.05) is 36.4 Å². The van der Waals surface area contributed by atoms with Crippen LogP contribution in [0.25, 0.3) is 0 Å². The number of benzene rings is 3. The quantitative estimate of drug-likeness (QED) is 0.379. The van der Waals surface area contributed by atoms with E-state index in [1.807, 2.05) is 79.7 Å². The number of carbonyl (C=O) groups excluding carboxylic acids is 1. The lowest BCUT2D eigenvalue weighted by atomic mass is 9.77. The molecule has 2 amide bonds. The standard InChI is InChI=1S/C26H31N3O4/c1-6-29(2)25(30)27-28-26(19-7-13-22(31-3)14-8-19,20-9-15-23(32-4)16-10-20)21-11-17-24(33-5)18-12-21/h7-18,28H,6H2,1-5H3,(H,27,30). The van der Waals surface area contributed by atoms with Crippen molar-refractivity contribution in [2.45, 2.75) is 12.5 Å². The van der Waals surface area contributed by atoms with Crippen LogP contribution in [0, 0.1) is 0 Å². The first-order valence-electron chi connectivity index (χ1n) is 10.7. The molecule has 174 valence electrons. The molecule has 0 unspecified atom stereocenters. The zero-order valence-electron chi connectivity index (χ0n) is 19.7. The third-order valence-corrected chi connectivity index (χ3v) is 5.75. The number of amides is 2. The first-order valence-corrected chi connectivity index (χ1v) is 10.7. The number of hydrogen-bond donors (Lipinski definition) is 2. The summed E-state index contributed by atoms with van der Waals surface area (Å²) in [5, 5.41) is 0. The average Bonchev–Trinajstić information content (AvgIpc) is 2.89. The number of rotatable bonds is 9. The van der Waals surface area contributed by atoms with Gasteiger partial charge >= 0.3 is 6.03 Å². The minimum Gasteiger partial charge on any atom is -0.497 e. The van der Waals surface area contributed by atoms with Crippen LogP contribution in [-0.2, 0) is 5.54 Å². The van der Waals surface area contributed by atoms with Crippen LogP contribution in [0.4, 0.5) is 4.79 Å². The van der Waals surface area contributed by atoms with Crippen LogP contribution in [0.3, 0.4) is 0 Å². The van der Waals surface area contributed by atoms with Crippen LogP contribution in [0.2, 0.25) is 0 Å². The van der Waals surface area contributed by atoms with Crippen molar-refractivity contribution < 1.29 is 19.0 Å². The van der Waals surface area contributed by atoms with Gasteiger partial charge < -0.3 is 19.1 Å². The summed E-state index contributed by atoms with van der Waals surface area (Å²) >= 11 is 0. The van der Waals surface area contributed by atoms with Crippen LogP contribution in [-0.4, -0.2) is 45.9 Å². The molecule has 7 heteroatoms. The maximum atomic E-state index is 12.7. The fourth-order valence-electron chi connectivity index (χ4n) is 3.63. The highest BCUT2D eigenvalue weighted by atomic mass is 16.5. The number of hydrazine groups is 1. The minimum atomic E-state index is -0.908. The van der Waals surface area contributed by atoms with Gasteiger partial charge in [-0.05, 0) is 60.0 Å². The van der Waals surface area contributed by atoms with Gasteiger partial charge in [0.15, 0.2) is 0 Å². The summed E-state index contributed by atoms with van der Waals surface area (Å²) < 4.78 is 16.1. The third-order valence-electron chi connectivity index (χ3n) is 5.75.